The number of imidazole rings is 1. The number of aliphatic hydroxyl groups excluding tert-OH is 1. The van der Waals surface area contributed by atoms with E-state index in [1.807, 2.05) is 49.6 Å². The molecule has 0 saturated carbocycles. The summed E-state index contributed by atoms with van der Waals surface area (Å²) in [5, 5.41) is 9.81. The Balaban J connectivity index is 2.32. The van der Waals surface area contributed by atoms with Crippen LogP contribution in [0.4, 0.5) is 0 Å². The van der Waals surface area contributed by atoms with E-state index in [4.69, 9.17) is 0 Å². The van der Waals surface area contributed by atoms with E-state index in [-0.39, 0.29) is 18.1 Å². The molecule has 0 bridgehead atoms. The van der Waals surface area contributed by atoms with Gasteiger partial charge in [0.25, 0.3) is 0 Å². The minimum absolute atomic E-state index is 0.0630. The summed E-state index contributed by atoms with van der Waals surface area (Å²) in [6.45, 7) is 6.47. The van der Waals surface area contributed by atoms with Crippen molar-refractivity contribution >= 4 is 16.8 Å². The number of para-hydroxylation sites is 2. The number of hydrogen-bond acceptors (Lipinski definition) is 3. The van der Waals surface area contributed by atoms with E-state index < -0.39 is 6.10 Å². The molecule has 0 saturated heterocycles. The highest BCUT2D eigenvalue weighted by molar-refractivity contribution is 5.86. The van der Waals surface area contributed by atoms with Gasteiger partial charge in [-0.05, 0) is 25.0 Å². The number of Topliss-reactive ketones (excluding diaryl/α,β-unsaturated/α-hetero) is 1. The largest absolute Gasteiger partial charge is 0.385 e. The Bertz CT molecular complexity index is 587. The standard InChI is InChI=1S/C15H20N2O2/c1-4-17-12-8-6-5-7-11(12)16-14(17)9-13(18)15(19)10(2)3/h5-8,10,15,19H,4,9H2,1-3H3. The number of aromatic nitrogens is 2. The first kappa shape index (κ1) is 13.7. The second kappa shape index (κ2) is 5.53. The monoisotopic (exact) mass is 260 g/mol. The predicted octanol–water partition coefficient (Wildman–Crippen LogP) is 2.18. The molecule has 1 N–H and O–H groups in total. The second-order valence-corrected chi connectivity index (χ2v) is 5.09. The average Bonchev–Trinajstić information content (AvgIpc) is 2.74. The van der Waals surface area contributed by atoms with Gasteiger partial charge in [-0.2, -0.15) is 0 Å². The van der Waals surface area contributed by atoms with Gasteiger partial charge >= 0.3 is 0 Å². The molecule has 0 spiro atoms. The number of carbonyl (C=O) groups is 1. The van der Waals surface area contributed by atoms with Gasteiger partial charge in [-0.3, -0.25) is 4.79 Å². The zero-order chi connectivity index (χ0) is 14.0. The minimum atomic E-state index is -0.912. The maximum absolute atomic E-state index is 12.0. The van der Waals surface area contributed by atoms with Crippen LogP contribution < -0.4 is 0 Å². The summed E-state index contributed by atoms with van der Waals surface area (Å²) in [6.07, 6.45) is -0.730. The van der Waals surface area contributed by atoms with E-state index in [1.54, 1.807) is 0 Å². The third kappa shape index (κ3) is 2.68. The van der Waals surface area contributed by atoms with Gasteiger partial charge in [0.2, 0.25) is 0 Å². The number of carbonyl (C=O) groups excluding carboxylic acids is 1. The molecular formula is C15H20N2O2. The van der Waals surface area contributed by atoms with Crippen molar-refractivity contribution in [1.29, 1.82) is 0 Å². The maximum atomic E-state index is 12.0. The van der Waals surface area contributed by atoms with Crippen LogP contribution in [-0.2, 0) is 17.8 Å². The number of rotatable bonds is 5. The Hall–Kier alpha value is -1.68. The molecule has 2 rings (SSSR count). The quantitative estimate of drug-likeness (QED) is 0.896. The molecule has 2 aromatic rings. The van der Waals surface area contributed by atoms with Crippen LogP contribution >= 0.6 is 0 Å². The van der Waals surface area contributed by atoms with Crippen molar-refractivity contribution in [2.75, 3.05) is 0 Å². The number of nitrogens with zero attached hydrogens (tertiary/aromatic N) is 2. The first-order chi connectivity index (χ1) is 9.04. The van der Waals surface area contributed by atoms with Gasteiger partial charge in [0.1, 0.15) is 11.9 Å². The topological polar surface area (TPSA) is 55.1 Å². The summed E-state index contributed by atoms with van der Waals surface area (Å²) >= 11 is 0. The van der Waals surface area contributed by atoms with Gasteiger partial charge in [-0.25, -0.2) is 4.98 Å². The van der Waals surface area contributed by atoms with E-state index in [9.17, 15) is 9.90 Å². The van der Waals surface area contributed by atoms with E-state index in [0.717, 1.165) is 23.4 Å². The highest BCUT2D eigenvalue weighted by Gasteiger charge is 2.21. The molecule has 102 valence electrons. The molecule has 0 radical (unpaired) electrons. The molecule has 0 aliphatic rings. The molecule has 4 nitrogen and oxygen atoms in total. The van der Waals surface area contributed by atoms with Gasteiger partial charge in [0, 0.05) is 6.54 Å². The molecular weight excluding hydrogens is 240 g/mol. The van der Waals surface area contributed by atoms with Crippen LogP contribution in [0.25, 0.3) is 11.0 Å². The van der Waals surface area contributed by atoms with Gasteiger partial charge in [-0.1, -0.05) is 26.0 Å². The SMILES string of the molecule is CCn1c(CC(=O)C(O)C(C)C)nc2ccccc21. The third-order valence-corrected chi connectivity index (χ3v) is 3.34. The highest BCUT2D eigenvalue weighted by atomic mass is 16.3. The second-order valence-electron chi connectivity index (χ2n) is 5.09. The molecule has 1 heterocycles. The number of aliphatic hydroxyl groups is 1. The third-order valence-electron chi connectivity index (χ3n) is 3.34. The summed E-state index contributed by atoms with van der Waals surface area (Å²) in [6, 6.07) is 7.83. The van der Waals surface area contributed by atoms with Gasteiger partial charge < -0.3 is 9.67 Å². The van der Waals surface area contributed by atoms with Crippen LogP contribution in [0.3, 0.4) is 0 Å². The lowest BCUT2D eigenvalue weighted by Crippen LogP contribution is -2.28. The predicted molar refractivity (Wildman–Crippen MR) is 75.0 cm³/mol. The van der Waals surface area contributed by atoms with Crippen molar-refractivity contribution in [3.05, 3.63) is 30.1 Å². The van der Waals surface area contributed by atoms with Crippen LogP contribution in [0, 0.1) is 5.92 Å². The summed E-state index contributed by atoms with van der Waals surface area (Å²) < 4.78 is 2.03. The molecule has 1 unspecified atom stereocenters. The van der Waals surface area contributed by atoms with Crippen molar-refractivity contribution in [2.24, 2.45) is 5.92 Å². The van der Waals surface area contributed by atoms with Crippen molar-refractivity contribution in [3.8, 4) is 0 Å². The zero-order valence-corrected chi connectivity index (χ0v) is 11.6. The molecule has 0 aliphatic heterocycles. The van der Waals surface area contributed by atoms with Crippen molar-refractivity contribution in [1.82, 2.24) is 9.55 Å². The Morgan fingerprint density at radius 1 is 1.37 bits per heavy atom. The fraction of sp³-hybridized carbons (Fsp3) is 0.467. The van der Waals surface area contributed by atoms with Crippen LogP contribution in [0.15, 0.2) is 24.3 Å². The Morgan fingerprint density at radius 3 is 2.68 bits per heavy atom. The van der Waals surface area contributed by atoms with Crippen LogP contribution in [-0.4, -0.2) is 26.5 Å². The summed E-state index contributed by atoms with van der Waals surface area (Å²) in [5.74, 6) is 0.500. The Kier molecular flexibility index (Phi) is 4.00. The van der Waals surface area contributed by atoms with Crippen molar-refractivity contribution in [2.45, 2.75) is 39.8 Å². The fourth-order valence-corrected chi connectivity index (χ4v) is 2.25. The molecule has 0 fully saturated rings. The van der Waals surface area contributed by atoms with Crippen molar-refractivity contribution < 1.29 is 9.90 Å². The normalized spacial score (nSPS) is 13.1. The van der Waals surface area contributed by atoms with Crippen LogP contribution in [0.1, 0.15) is 26.6 Å². The van der Waals surface area contributed by atoms with Crippen LogP contribution in [0.5, 0.6) is 0 Å². The lowest BCUT2D eigenvalue weighted by molar-refractivity contribution is -0.128. The molecule has 19 heavy (non-hydrogen) atoms. The van der Waals surface area contributed by atoms with Crippen LogP contribution in [0.2, 0.25) is 0 Å². The molecule has 1 atom stereocenters. The number of fused-ring (bicyclic) bond motifs is 1. The smallest absolute Gasteiger partial charge is 0.169 e. The summed E-state index contributed by atoms with van der Waals surface area (Å²) in [5.41, 5.74) is 1.93. The zero-order valence-electron chi connectivity index (χ0n) is 11.6. The number of hydrogen-bond donors (Lipinski definition) is 1. The van der Waals surface area contributed by atoms with E-state index >= 15 is 0 Å². The molecule has 0 aliphatic carbocycles. The van der Waals surface area contributed by atoms with Gasteiger partial charge in [-0.15, -0.1) is 0 Å². The molecule has 4 heteroatoms. The van der Waals surface area contributed by atoms with E-state index in [1.165, 1.54) is 0 Å². The summed E-state index contributed by atoms with van der Waals surface area (Å²) in [7, 11) is 0. The highest BCUT2D eigenvalue weighted by Crippen LogP contribution is 2.17. The first-order valence-electron chi connectivity index (χ1n) is 6.69. The first-order valence-corrected chi connectivity index (χ1v) is 6.69. The number of aryl methyl sites for hydroxylation is 1. The fourth-order valence-electron chi connectivity index (χ4n) is 2.25. The minimum Gasteiger partial charge on any atom is -0.385 e. The van der Waals surface area contributed by atoms with Gasteiger partial charge in [0.05, 0.1) is 17.5 Å². The van der Waals surface area contributed by atoms with E-state index in [2.05, 4.69) is 4.98 Å². The number of benzene rings is 1. The number of ketones is 1. The molecule has 1 aromatic heterocycles. The average molecular weight is 260 g/mol. The maximum Gasteiger partial charge on any atom is 0.169 e. The lowest BCUT2D eigenvalue weighted by atomic mass is 10.0. The summed E-state index contributed by atoms with van der Waals surface area (Å²) in [4.78, 5) is 16.5. The lowest BCUT2D eigenvalue weighted by Gasteiger charge is -2.13. The van der Waals surface area contributed by atoms with Gasteiger partial charge in [0.15, 0.2) is 5.78 Å². The van der Waals surface area contributed by atoms with E-state index in [0.29, 0.717) is 0 Å². The molecule has 0 amide bonds. The Labute approximate surface area is 113 Å². The Morgan fingerprint density at radius 2 is 2.05 bits per heavy atom. The van der Waals surface area contributed by atoms with Crippen molar-refractivity contribution in [3.63, 3.8) is 0 Å². The molecule has 1 aromatic carbocycles.